The number of aromatic nitrogens is 2. The van der Waals surface area contributed by atoms with E-state index in [0.29, 0.717) is 23.8 Å². The first-order valence-electron chi connectivity index (χ1n) is 6.49. The van der Waals surface area contributed by atoms with Crippen molar-refractivity contribution in [3.63, 3.8) is 0 Å². The number of carbonyl (C=O) groups is 1. The number of hydrogen-bond acceptors (Lipinski definition) is 3. The van der Waals surface area contributed by atoms with E-state index in [1.165, 1.54) is 0 Å². The highest BCUT2D eigenvalue weighted by atomic mass is 35.5. The largest absolute Gasteiger partial charge is 0.336 e. The molecule has 5 nitrogen and oxygen atoms in total. The van der Waals surface area contributed by atoms with E-state index < -0.39 is 0 Å². The maximum absolute atomic E-state index is 12.3. The molecule has 6 heteroatoms. The maximum Gasteiger partial charge on any atom is 0.271 e. The fourth-order valence-electron chi connectivity index (χ4n) is 2.34. The Morgan fingerprint density at radius 3 is 2.80 bits per heavy atom. The number of nitrogens with one attached hydrogen (secondary N) is 1. The second kappa shape index (κ2) is 5.26. The van der Waals surface area contributed by atoms with Crippen LogP contribution in [-0.2, 0) is 0 Å². The highest BCUT2D eigenvalue weighted by molar-refractivity contribution is 6.30. The predicted octanol–water partition coefficient (Wildman–Crippen LogP) is 1.90. The van der Waals surface area contributed by atoms with E-state index in [0.717, 1.165) is 17.7 Å². The van der Waals surface area contributed by atoms with Gasteiger partial charge in [-0.1, -0.05) is 23.7 Å². The summed E-state index contributed by atoms with van der Waals surface area (Å²) in [6.45, 7) is 1.31. The van der Waals surface area contributed by atoms with Gasteiger partial charge in [0.2, 0.25) is 0 Å². The Kier molecular flexibility index (Phi) is 3.46. The molecule has 1 aromatic carbocycles. The number of rotatable bonds is 2. The lowest BCUT2D eigenvalue weighted by atomic mass is 10.1. The summed E-state index contributed by atoms with van der Waals surface area (Å²) in [4.78, 5) is 14.0. The van der Waals surface area contributed by atoms with Gasteiger partial charge in [0.1, 0.15) is 5.69 Å². The van der Waals surface area contributed by atoms with E-state index in [-0.39, 0.29) is 11.9 Å². The SMILES string of the molecule is NC1CCN(C(=O)c2cc(-c3ccc(Cl)cc3)n[nH]2)C1. The number of nitrogens with two attached hydrogens (primary N) is 1. The van der Waals surface area contributed by atoms with Crippen LogP contribution in [0.3, 0.4) is 0 Å². The standard InChI is InChI=1S/C14H15ClN4O/c15-10-3-1-9(2-4-10)12-7-13(18-17-12)14(20)19-6-5-11(16)8-19/h1-4,7,11H,5-6,8,16H2,(H,17,18). The van der Waals surface area contributed by atoms with Crippen LogP contribution in [-0.4, -0.2) is 40.1 Å². The molecule has 0 bridgehead atoms. The lowest BCUT2D eigenvalue weighted by Crippen LogP contribution is -2.32. The Morgan fingerprint density at radius 2 is 2.15 bits per heavy atom. The first kappa shape index (κ1) is 13.1. The molecule has 2 aromatic rings. The smallest absolute Gasteiger partial charge is 0.271 e. The molecule has 1 aliphatic rings. The van der Waals surface area contributed by atoms with Crippen LogP contribution in [0.25, 0.3) is 11.3 Å². The zero-order valence-corrected chi connectivity index (χ0v) is 11.6. The van der Waals surface area contributed by atoms with Gasteiger partial charge in [0, 0.05) is 29.7 Å². The average molecular weight is 291 g/mol. The van der Waals surface area contributed by atoms with Crippen LogP contribution in [0, 0.1) is 0 Å². The summed E-state index contributed by atoms with van der Waals surface area (Å²) in [5.41, 5.74) is 7.96. The number of benzene rings is 1. The van der Waals surface area contributed by atoms with Crippen molar-refractivity contribution in [1.29, 1.82) is 0 Å². The van der Waals surface area contributed by atoms with Crippen molar-refractivity contribution in [2.24, 2.45) is 5.73 Å². The lowest BCUT2D eigenvalue weighted by Gasteiger charge is -2.13. The van der Waals surface area contributed by atoms with Gasteiger partial charge in [-0.25, -0.2) is 0 Å². The monoisotopic (exact) mass is 290 g/mol. The molecule has 1 amide bonds. The molecule has 104 valence electrons. The van der Waals surface area contributed by atoms with Gasteiger partial charge in [-0.15, -0.1) is 0 Å². The molecular formula is C14H15ClN4O. The zero-order valence-electron chi connectivity index (χ0n) is 10.8. The molecule has 0 radical (unpaired) electrons. The quantitative estimate of drug-likeness (QED) is 0.887. The number of carbonyl (C=O) groups excluding carboxylic acids is 1. The van der Waals surface area contributed by atoms with Gasteiger partial charge in [0.25, 0.3) is 5.91 Å². The van der Waals surface area contributed by atoms with Crippen molar-refractivity contribution in [3.05, 3.63) is 41.0 Å². The van der Waals surface area contributed by atoms with Gasteiger partial charge < -0.3 is 10.6 Å². The fourth-order valence-corrected chi connectivity index (χ4v) is 2.47. The van der Waals surface area contributed by atoms with Crippen molar-refractivity contribution >= 4 is 17.5 Å². The molecule has 1 aromatic heterocycles. The molecule has 20 heavy (non-hydrogen) atoms. The van der Waals surface area contributed by atoms with E-state index in [9.17, 15) is 4.79 Å². The number of nitrogens with zero attached hydrogens (tertiary/aromatic N) is 2. The van der Waals surface area contributed by atoms with E-state index in [4.69, 9.17) is 17.3 Å². The highest BCUT2D eigenvalue weighted by Gasteiger charge is 2.25. The average Bonchev–Trinajstić information content (AvgIpc) is 3.08. The van der Waals surface area contributed by atoms with Crippen LogP contribution in [0.4, 0.5) is 0 Å². The van der Waals surface area contributed by atoms with Gasteiger partial charge in [-0.3, -0.25) is 9.89 Å². The van der Waals surface area contributed by atoms with E-state index in [2.05, 4.69) is 10.2 Å². The van der Waals surface area contributed by atoms with E-state index >= 15 is 0 Å². The summed E-state index contributed by atoms with van der Waals surface area (Å²) >= 11 is 5.85. The predicted molar refractivity (Wildman–Crippen MR) is 77.5 cm³/mol. The molecule has 3 N–H and O–H groups in total. The third-order valence-corrected chi connectivity index (χ3v) is 3.71. The molecule has 1 aliphatic heterocycles. The number of hydrogen-bond donors (Lipinski definition) is 2. The van der Waals surface area contributed by atoms with Crippen LogP contribution in [0.1, 0.15) is 16.9 Å². The minimum atomic E-state index is -0.0503. The molecular weight excluding hydrogens is 276 g/mol. The maximum atomic E-state index is 12.3. The van der Waals surface area contributed by atoms with Gasteiger partial charge in [0.05, 0.1) is 5.69 Å². The molecule has 0 saturated carbocycles. The summed E-state index contributed by atoms with van der Waals surface area (Å²) in [5.74, 6) is -0.0503. The van der Waals surface area contributed by atoms with Crippen molar-refractivity contribution in [3.8, 4) is 11.3 Å². The molecule has 1 saturated heterocycles. The summed E-state index contributed by atoms with van der Waals surface area (Å²) in [6, 6.07) is 9.18. The zero-order chi connectivity index (χ0) is 14.1. The van der Waals surface area contributed by atoms with Crippen LogP contribution in [0.15, 0.2) is 30.3 Å². The third kappa shape index (κ3) is 2.55. The number of amides is 1. The first-order valence-corrected chi connectivity index (χ1v) is 6.87. The van der Waals surface area contributed by atoms with Crippen molar-refractivity contribution < 1.29 is 4.79 Å². The Bertz CT molecular complexity index is 622. The highest BCUT2D eigenvalue weighted by Crippen LogP contribution is 2.21. The normalized spacial score (nSPS) is 18.5. The van der Waals surface area contributed by atoms with Gasteiger partial charge >= 0.3 is 0 Å². The van der Waals surface area contributed by atoms with Crippen LogP contribution in [0.5, 0.6) is 0 Å². The topological polar surface area (TPSA) is 75.0 Å². The van der Waals surface area contributed by atoms with E-state index in [1.807, 2.05) is 12.1 Å². The van der Waals surface area contributed by atoms with Crippen LogP contribution < -0.4 is 5.73 Å². The summed E-state index contributed by atoms with van der Waals surface area (Å²) in [7, 11) is 0. The number of H-pyrrole nitrogens is 1. The van der Waals surface area contributed by atoms with Crippen molar-refractivity contribution in [2.75, 3.05) is 13.1 Å². The van der Waals surface area contributed by atoms with Crippen molar-refractivity contribution in [1.82, 2.24) is 15.1 Å². The molecule has 2 heterocycles. The Morgan fingerprint density at radius 1 is 1.40 bits per heavy atom. The fraction of sp³-hybridized carbons (Fsp3) is 0.286. The minimum Gasteiger partial charge on any atom is -0.336 e. The summed E-state index contributed by atoms with van der Waals surface area (Å²) in [5, 5.41) is 7.65. The second-order valence-electron chi connectivity index (χ2n) is 4.97. The van der Waals surface area contributed by atoms with Crippen molar-refractivity contribution in [2.45, 2.75) is 12.5 Å². The minimum absolute atomic E-state index is 0.0503. The molecule has 0 aliphatic carbocycles. The number of halogens is 1. The molecule has 0 spiro atoms. The third-order valence-electron chi connectivity index (χ3n) is 3.46. The summed E-state index contributed by atoms with van der Waals surface area (Å²) < 4.78 is 0. The molecule has 1 unspecified atom stereocenters. The van der Waals surface area contributed by atoms with E-state index in [1.54, 1.807) is 23.1 Å². The number of aromatic amines is 1. The molecule has 3 rings (SSSR count). The summed E-state index contributed by atoms with van der Waals surface area (Å²) in [6.07, 6.45) is 0.851. The first-order chi connectivity index (χ1) is 9.63. The molecule has 1 atom stereocenters. The Balaban J connectivity index is 1.79. The second-order valence-corrected chi connectivity index (χ2v) is 5.41. The van der Waals surface area contributed by atoms with Gasteiger partial charge in [0.15, 0.2) is 0 Å². The lowest BCUT2D eigenvalue weighted by molar-refractivity contribution is 0.0785. The molecule has 1 fully saturated rings. The van der Waals surface area contributed by atoms with Gasteiger partial charge in [-0.05, 0) is 24.6 Å². The van der Waals surface area contributed by atoms with Crippen LogP contribution >= 0.6 is 11.6 Å². The number of likely N-dealkylation sites (tertiary alicyclic amines) is 1. The Hall–Kier alpha value is -1.85. The van der Waals surface area contributed by atoms with Crippen LogP contribution in [0.2, 0.25) is 5.02 Å². The van der Waals surface area contributed by atoms with Gasteiger partial charge in [-0.2, -0.15) is 5.10 Å². The Labute approximate surface area is 121 Å².